The highest BCUT2D eigenvalue weighted by atomic mass is 32.2. The number of H-pyrrole nitrogens is 1. The quantitative estimate of drug-likeness (QED) is 0.735. The minimum atomic E-state index is -3.73. The number of anilines is 1. The van der Waals surface area contributed by atoms with Crippen LogP contribution < -0.4 is 10.5 Å². The maximum absolute atomic E-state index is 12.2. The number of benzene rings is 1. The van der Waals surface area contributed by atoms with Crippen LogP contribution in [0.4, 0.5) is 5.95 Å². The summed E-state index contributed by atoms with van der Waals surface area (Å²) in [6.45, 7) is 1.69. The van der Waals surface area contributed by atoms with Gasteiger partial charge in [0.2, 0.25) is 5.95 Å². The molecule has 0 bridgehead atoms. The highest BCUT2D eigenvalue weighted by Crippen LogP contribution is 2.19. The molecule has 0 amide bonds. The Labute approximate surface area is 116 Å². The summed E-state index contributed by atoms with van der Waals surface area (Å²) < 4.78 is 26.8. The van der Waals surface area contributed by atoms with Crippen molar-refractivity contribution < 1.29 is 8.42 Å². The zero-order valence-electron chi connectivity index (χ0n) is 10.0. The summed E-state index contributed by atoms with van der Waals surface area (Å²) in [5, 5.41) is 0. The fraction of sp³-hybridized carbons (Fsp3) is 0.0909. The molecule has 0 saturated heterocycles. The molecule has 0 spiro atoms. The average Bonchev–Trinajstić information content (AvgIpc) is 2.81. The number of aryl methyl sites for hydroxylation is 1. The van der Waals surface area contributed by atoms with E-state index in [9.17, 15) is 8.42 Å². The maximum atomic E-state index is 12.2. The topological polar surface area (TPSA) is 101 Å². The fourth-order valence-corrected chi connectivity index (χ4v) is 2.92. The number of aromatic nitrogens is 2. The Morgan fingerprint density at radius 3 is 2.79 bits per heavy atom. The second-order valence-electron chi connectivity index (χ2n) is 3.89. The van der Waals surface area contributed by atoms with Gasteiger partial charge < -0.3 is 10.7 Å². The summed E-state index contributed by atoms with van der Waals surface area (Å²) in [5.74, 6) is 0.153. The summed E-state index contributed by atoms with van der Waals surface area (Å²) in [7, 11) is -3.73. The van der Waals surface area contributed by atoms with E-state index in [4.69, 9.17) is 18.0 Å². The third kappa shape index (κ3) is 2.91. The lowest BCUT2D eigenvalue weighted by atomic mass is 10.1. The van der Waals surface area contributed by atoms with Crippen LogP contribution in [0.5, 0.6) is 0 Å². The summed E-state index contributed by atoms with van der Waals surface area (Å²) >= 11 is 4.85. The number of hydrogen-bond acceptors (Lipinski definition) is 4. The van der Waals surface area contributed by atoms with Gasteiger partial charge in [-0.15, -0.1) is 0 Å². The van der Waals surface area contributed by atoms with Crippen LogP contribution in [0.25, 0.3) is 0 Å². The second-order valence-corrected chi connectivity index (χ2v) is 5.98. The molecule has 1 aromatic carbocycles. The predicted molar refractivity (Wildman–Crippen MR) is 76.5 cm³/mol. The monoisotopic (exact) mass is 296 g/mol. The zero-order chi connectivity index (χ0) is 14.0. The van der Waals surface area contributed by atoms with Gasteiger partial charge in [-0.05, 0) is 18.6 Å². The first kappa shape index (κ1) is 13.5. The van der Waals surface area contributed by atoms with E-state index in [1.54, 1.807) is 19.1 Å². The van der Waals surface area contributed by atoms with Crippen molar-refractivity contribution in [1.29, 1.82) is 0 Å². The Morgan fingerprint density at radius 1 is 1.47 bits per heavy atom. The van der Waals surface area contributed by atoms with Crippen molar-refractivity contribution in [1.82, 2.24) is 9.97 Å². The van der Waals surface area contributed by atoms with Crippen LogP contribution >= 0.6 is 12.2 Å². The third-order valence-corrected chi connectivity index (χ3v) is 4.21. The number of nitrogens with two attached hydrogens (primary N) is 1. The molecule has 0 aliphatic rings. The normalized spacial score (nSPS) is 11.2. The van der Waals surface area contributed by atoms with Gasteiger partial charge in [0, 0.05) is 18.0 Å². The van der Waals surface area contributed by atoms with Crippen LogP contribution in [-0.4, -0.2) is 23.4 Å². The van der Waals surface area contributed by atoms with E-state index in [2.05, 4.69) is 14.7 Å². The van der Waals surface area contributed by atoms with Crippen LogP contribution in [0.1, 0.15) is 11.1 Å². The maximum Gasteiger partial charge on any atom is 0.264 e. The standard InChI is InChI=1S/C11H12N4O2S2/c1-7-2-3-8(10(12)18)6-9(7)19(16,17)15-11-13-4-5-14-11/h2-6H,1H3,(H2,12,18)(H2,13,14,15). The molecule has 19 heavy (non-hydrogen) atoms. The van der Waals surface area contributed by atoms with Crippen LogP contribution in [0.2, 0.25) is 0 Å². The van der Waals surface area contributed by atoms with E-state index in [0.29, 0.717) is 11.1 Å². The number of rotatable bonds is 4. The van der Waals surface area contributed by atoms with Crippen molar-refractivity contribution in [3.8, 4) is 0 Å². The molecule has 1 heterocycles. The largest absolute Gasteiger partial charge is 0.389 e. The SMILES string of the molecule is Cc1ccc(C(N)=S)cc1S(=O)(=O)Nc1ncc[nH]1. The lowest BCUT2D eigenvalue weighted by molar-refractivity contribution is 0.600. The van der Waals surface area contributed by atoms with Crippen LogP contribution in [0, 0.1) is 6.92 Å². The van der Waals surface area contributed by atoms with Crippen LogP contribution in [0.3, 0.4) is 0 Å². The number of imidazole rings is 1. The Balaban J connectivity index is 2.45. The van der Waals surface area contributed by atoms with Crippen LogP contribution in [0.15, 0.2) is 35.5 Å². The van der Waals surface area contributed by atoms with Gasteiger partial charge in [0.1, 0.15) is 4.99 Å². The molecule has 8 heteroatoms. The highest BCUT2D eigenvalue weighted by molar-refractivity contribution is 7.92. The van der Waals surface area contributed by atoms with Crippen molar-refractivity contribution in [2.24, 2.45) is 5.73 Å². The van der Waals surface area contributed by atoms with Gasteiger partial charge in [-0.3, -0.25) is 0 Å². The Kier molecular flexibility index (Phi) is 3.54. The van der Waals surface area contributed by atoms with Gasteiger partial charge in [-0.25, -0.2) is 18.1 Å². The molecule has 2 aromatic rings. The summed E-state index contributed by atoms with van der Waals surface area (Å²) in [6, 6.07) is 4.79. The molecule has 0 saturated carbocycles. The molecule has 0 radical (unpaired) electrons. The van der Waals surface area contributed by atoms with Crippen molar-refractivity contribution in [2.75, 3.05) is 4.72 Å². The first-order chi connectivity index (χ1) is 8.90. The average molecular weight is 296 g/mol. The molecular formula is C11H12N4O2S2. The van der Waals surface area contributed by atoms with Gasteiger partial charge >= 0.3 is 0 Å². The first-order valence-electron chi connectivity index (χ1n) is 5.33. The molecule has 4 N–H and O–H groups in total. The third-order valence-electron chi connectivity index (χ3n) is 2.49. The van der Waals surface area contributed by atoms with Gasteiger partial charge in [0.25, 0.3) is 10.0 Å². The molecule has 0 aliphatic carbocycles. The Hall–Kier alpha value is -1.93. The number of thiocarbonyl (C=S) groups is 1. The number of hydrogen-bond donors (Lipinski definition) is 3. The van der Waals surface area contributed by atoms with E-state index >= 15 is 0 Å². The minimum absolute atomic E-state index is 0.120. The molecule has 100 valence electrons. The van der Waals surface area contributed by atoms with Gasteiger partial charge in [-0.2, -0.15) is 0 Å². The smallest absolute Gasteiger partial charge is 0.264 e. The summed E-state index contributed by atoms with van der Waals surface area (Å²) in [6.07, 6.45) is 2.98. The van der Waals surface area contributed by atoms with Crippen molar-refractivity contribution in [3.05, 3.63) is 41.7 Å². The van der Waals surface area contributed by atoms with Gasteiger partial charge in [-0.1, -0.05) is 24.4 Å². The number of sulfonamides is 1. The molecule has 6 nitrogen and oxygen atoms in total. The second kappa shape index (κ2) is 4.98. The minimum Gasteiger partial charge on any atom is -0.389 e. The predicted octanol–water partition coefficient (Wildman–Crippen LogP) is 1.15. The molecule has 0 atom stereocenters. The molecule has 1 aromatic heterocycles. The highest BCUT2D eigenvalue weighted by Gasteiger charge is 2.18. The van der Waals surface area contributed by atoms with E-state index in [0.717, 1.165) is 0 Å². The summed E-state index contributed by atoms with van der Waals surface area (Å²) in [5.41, 5.74) is 6.61. The van der Waals surface area contributed by atoms with Gasteiger partial charge in [0.05, 0.1) is 4.90 Å². The summed E-state index contributed by atoms with van der Waals surface area (Å²) in [4.78, 5) is 6.75. The van der Waals surface area contributed by atoms with Crippen molar-refractivity contribution in [3.63, 3.8) is 0 Å². The molecular weight excluding hydrogens is 284 g/mol. The van der Waals surface area contributed by atoms with E-state index < -0.39 is 10.0 Å². The van der Waals surface area contributed by atoms with Gasteiger partial charge in [0.15, 0.2) is 0 Å². The first-order valence-corrected chi connectivity index (χ1v) is 7.22. The lowest BCUT2D eigenvalue weighted by Gasteiger charge is -2.10. The van der Waals surface area contributed by atoms with Crippen molar-refractivity contribution >= 4 is 33.2 Å². The van der Waals surface area contributed by atoms with E-state index in [1.165, 1.54) is 18.5 Å². The lowest BCUT2D eigenvalue weighted by Crippen LogP contribution is -2.17. The van der Waals surface area contributed by atoms with Crippen LogP contribution in [-0.2, 0) is 10.0 Å². The van der Waals surface area contributed by atoms with E-state index in [-0.39, 0.29) is 15.8 Å². The zero-order valence-corrected chi connectivity index (χ0v) is 11.7. The molecule has 0 unspecified atom stereocenters. The number of nitrogens with one attached hydrogen (secondary N) is 2. The molecule has 2 rings (SSSR count). The number of aromatic amines is 1. The fourth-order valence-electron chi connectivity index (χ4n) is 1.55. The van der Waals surface area contributed by atoms with E-state index in [1.807, 2.05) is 0 Å². The molecule has 0 aliphatic heterocycles. The number of nitrogens with zero attached hydrogens (tertiary/aromatic N) is 1. The Morgan fingerprint density at radius 2 is 2.21 bits per heavy atom. The van der Waals surface area contributed by atoms with Crippen molar-refractivity contribution in [2.45, 2.75) is 11.8 Å². The molecule has 0 fully saturated rings. The Bertz CT molecular complexity index is 708.